The summed E-state index contributed by atoms with van der Waals surface area (Å²) in [4.78, 5) is 12.0. The van der Waals surface area contributed by atoms with E-state index in [4.69, 9.17) is 5.73 Å². The van der Waals surface area contributed by atoms with Gasteiger partial charge in [0.05, 0.1) is 0 Å². The van der Waals surface area contributed by atoms with Gasteiger partial charge in [0.1, 0.15) is 0 Å². The van der Waals surface area contributed by atoms with Crippen molar-refractivity contribution in [3.63, 3.8) is 0 Å². The Morgan fingerprint density at radius 3 is 2.37 bits per heavy atom. The average molecular weight is 269 g/mol. The molecule has 0 saturated carbocycles. The lowest BCUT2D eigenvalue weighted by molar-refractivity contribution is -0.126. The zero-order valence-corrected chi connectivity index (χ0v) is 12.9. The van der Waals surface area contributed by atoms with Crippen LogP contribution in [-0.4, -0.2) is 30.6 Å². The van der Waals surface area contributed by atoms with Gasteiger partial charge in [-0.05, 0) is 43.6 Å². The van der Waals surface area contributed by atoms with Gasteiger partial charge in [-0.1, -0.05) is 27.2 Å². The molecule has 1 amide bonds. The number of carbonyl (C=O) groups excluding carboxylic acids is 1. The van der Waals surface area contributed by atoms with E-state index in [-0.39, 0.29) is 11.3 Å². The van der Waals surface area contributed by atoms with Gasteiger partial charge in [-0.15, -0.1) is 0 Å². The molecule has 1 heterocycles. The molecule has 1 saturated heterocycles. The van der Waals surface area contributed by atoms with Gasteiger partial charge in [0.15, 0.2) is 0 Å². The van der Waals surface area contributed by atoms with E-state index in [1.807, 2.05) is 0 Å². The fourth-order valence-electron chi connectivity index (χ4n) is 2.75. The predicted octanol–water partition coefficient (Wildman–Crippen LogP) is 2.29. The van der Waals surface area contributed by atoms with Crippen LogP contribution in [-0.2, 0) is 4.79 Å². The lowest BCUT2D eigenvalue weighted by Gasteiger charge is -2.31. The van der Waals surface area contributed by atoms with Gasteiger partial charge in [-0.3, -0.25) is 10.2 Å². The fraction of sp³-hybridized carbons (Fsp3) is 0.933. The van der Waals surface area contributed by atoms with Crippen LogP contribution < -0.4 is 11.2 Å². The van der Waals surface area contributed by atoms with Gasteiger partial charge in [0, 0.05) is 19.5 Å². The van der Waals surface area contributed by atoms with E-state index < -0.39 is 0 Å². The number of amides is 1. The molecule has 0 aromatic rings. The molecule has 0 bridgehead atoms. The molecule has 3 N–H and O–H groups in total. The molecule has 1 aliphatic heterocycles. The molecular formula is C15H31N3O. The maximum absolute atomic E-state index is 12.0. The van der Waals surface area contributed by atoms with Crippen molar-refractivity contribution < 1.29 is 4.79 Å². The van der Waals surface area contributed by atoms with Crippen LogP contribution >= 0.6 is 0 Å². The first-order valence-corrected chi connectivity index (χ1v) is 7.68. The van der Waals surface area contributed by atoms with Crippen molar-refractivity contribution in [2.45, 2.75) is 59.3 Å². The van der Waals surface area contributed by atoms with Crippen LogP contribution in [0.3, 0.4) is 0 Å². The Kier molecular flexibility index (Phi) is 6.80. The van der Waals surface area contributed by atoms with E-state index >= 15 is 0 Å². The minimum atomic E-state index is 0.160. The van der Waals surface area contributed by atoms with Crippen LogP contribution in [0, 0.1) is 11.3 Å². The van der Waals surface area contributed by atoms with E-state index in [2.05, 4.69) is 31.2 Å². The minimum Gasteiger partial charge on any atom is -0.330 e. The smallest absolute Gasteiger partial charge is 0.234 e. The number of rotatable bonds is 6. The van der Waals surface area contributed by atoms with E-state index in [1.165, 1.54) is 19.3 Å². The summed E-state index contributed by atoms with van der Waals surface area (Å²) in [5.74, 6) is 0.678. The first-order chi connectivity index (χ1) is 8.93. The minimum absolute atomic E-state index is 0.160. The molecular weight excluding hydrogens is 238 g/mol. The summed E-state index contributed by atoms with van der Waals surface area (Å²) in [5.41, 5.74) is 8.93. The Morgan fingerprint density at radius 2 is 1.84 bits per heavy atom. The fourth-order valence-corrected chi connectivity index (χ4v) is 2.75. The zero-order chi connectivity index (χ0) is 14.3. The number of nitrogens with one attached hydrogen (secondary N) is 1. The molecule has 0 aliphatic carbocycles. The van der Waals surface area contributed by atoms with E-state index in [1.54, 1.807) is 0 Å². The molecule has 1 atom stereocenters. The number of carbonyl (C=O) groups is 1. The zero-order valence-electron chi connectivity index (χ0n) is 12.9. The van der Waals surface area contributed by atoms with Crippen LogP contribution in [0.25, 0.3) is 0 Å². The maximum Gasteiger partial charge on any atom is 0.234 e. The SMILES string of the molecule is CC(C)(C)C(CCN)CCC(=O)NN1CCCCC1. The molecule has 1 fully saturated rings. The number of nitrogens with zero attached hydrogens (tertiary/aromatic N) is 1. The van der Waals surface area contributed by atoms with Crippen LogP contribution in [0.2, 0.25) is 0 Å². The standard InChI is InChI=1S/C15H31N3O/c1-15(2,3)13(9-10-16)7-8-14(19)17-18-11-5-4-6-12-18/h13H,4-12,16H2,1-3H3,(H,17,19). The Morgan fingerprint density at radius 1 is 1.21 bits per heavy atom. The monoisotopic (exact) mass is 269 g/mol. The second-order valence-electron chi connectivity index (χ2n) is 6.76. The predicted molar refractivity (Wildman–Crippen MR) is 79.4 cm³/mol. The molecule has 19 heavy (non-hydrogen) atoms. The summed E-state index contributed by atoms with van der Waals surface area (Å²) in [6, 6.07) is 0. The van der Waals surface area contributed by atoms with Gasteiger partial charge >= 0.3 is 0 Å². The van der Waals surface area contributed by atoms with Gasteiger partial charge in [0.2, 0.25) is 5.91 Å². The number of nitrogens with two attached hydrogens (primary N) is 1. The second kappa shape index (κ2) is 7.85. The Balaban J connectivity index is 2.30. The molecule has 0 aromatic carbocycles. The number of hydrazine groups is 1. The highest BCUT2D eigenvalue weighted by Gasteiger charge is 2.24. The van der Waals surface area contributed by atoms with Crippen LogP contribution in [0.1, 0.15) is 59.3 Å². The highest BCUT2D eigenvalue weighted by molar-refractivity contribution is 5.75. The van der Waals surface area contributed by atoms with Crippen LogP contribution in [0.4, 0.5) is 0 Å². The maximum atomic E-state index is 12.0. The number of hydrogen-bond donors (Lipinski definition) is 2. The third-order valence-corrected chi connectivity index (χ3v) is 4.10. The Labute approximate surface area is 118 Å². The van der Waals surface area contributed by atoms with Gasteiger partial charge < -0.3 is 5.73 Å². The lowest BCUT2D eigenvalue weighted by atomic mass is 9.76. The normalized spacial score (nSPS) is 19.2. The van der Waals surface area contributed by atoms with Crippen molar-refractivity contribution in [2.75, 3.05) is 19.6 Å². The largest absolute Gasteiger partial charge is 0.330 e. The number of hydrogen-bond acceptors (Lipinski definition) is 3. The molecule has 112 valence electrons. The Hall–Kier alpha value is -0.610. The summed E-state index contributed by atoms with van der Waals surface area (Å²) >= 11 is 0. The second-order valence-corrected chi connectivity index (χ2v) is 6.76. The summed E-state index contributed by atoms with van der Waals surface area (Å²) in [6.45, 7) is 9.39. The Bertz CT molecular complexity index is 267. The topological polar surface area (TPSA) is 58.4 Å². The highest BCUT2D eigenvalue weighted by Crippen LogP contribution is 2.32. The van der Waals surface area contributed by atoms with Crippen LogP contribution in [0.15, 0.2) is 0 Å². The number of piperidine rings is 1. The summed E-state index contributed by atoms with van der Waals surface area (Å²) in [6.07, 6.45) is 6.21. The van der Waals surface area contributed by atoms with Crippen molar-refractivity contribution in [1.29, 1.82) is 0 Å². The first kappa shape index (κ1) is 16.4. The van der Waals surface area contributed by atoms with E-state index in [9.17, 15) is 4.79 Å². The average Bonchev–Trinajstić information content (AvgIpc) is 2.34. The first-order valence-electron chi connectivity index (χ1n) is 7.68. The van der Waals surface area contributed by atoms with Gasteiger partial charge in [-0.2, -0.15) is 0 Å². The third kappa shape index (κ3) is 6.39. The molecule has 4 heteroatoms. The van der Waals surface area contributed by atoms with Crippen molar-refractivity contribution >= 4 is 5.91 Å². The molecule has 0 spiro atoms. The van der Waals surface area contributed by atoms with Crippen molar-refractivity contribution in [1.82, 2.24) is 10.4 Å². The molecule has 0 radical (unpaired) electrons. The summed E-state index contributed by atoms with van der Waals surface area (Å²) < 4.78 is 0. The lowest BCUT2D eigenvalue weighted by Crippen LogP contribution is -2.45. The molecule has 1 unspecified atom stereocenters. The highest BCUT2D eigenvalue weighted by atomic mass is 16.2. The van der Waals surface area contributed by atoms with Gasteiger partial charge in [0.25, 0.3) is 0 Å². The van der Waals surface area contributed by atoms with Crippen molar-refractivity contribution in [3.05, 3.63) is 0 Å². The van der Waals surface area contributed by atoms with Crippen molar-refractivity contribution in [3.8, 4) is 0 Å². The molecule has 0 aromatic heterocycles. The third-order valence-electron chi connectivity index (χ3n) is 4.10. The summed E-state index contributed by atoms with van der Waals surface area (Å²) in [7, 11) is 0. The quantitative estimate of drug-likeness (QED) is 0.778. The molecule has 1 rings (SSSR count). The molecule has 4 nitrogen and oxygen atoms in total. The van der Waals surface area contributed by atoms with E-state index in [0.717, 1.165) is 25.9 Å². The van der Waals surface area contributed by atoms with Crippen molar-refractivity contribution in [2.24, 2.45) is 17.1 Å². The molecule has 1 aliphatic rings. The summed E-state index contributed by atoms with van der Waals surface area (Å²) in [5, 5.41) is 2.07. The van der Waals surface area contributed by atoms with Crippen LogP contribution in [0.5, 0.6) is 0 Å². The van der Waals surface area contributed by atoms with Gasteiger partial charge in [-0.25, -0.2) is 5.01 Å². The van der Waals surface area contributed by atoms with E-state index in [0.29, 0.717) is 18.9 Å².